The van der Waals surface area contributed by atoms with Gasteiger partial charge in [-0.05, 0) is 30.2 Å². The maximum Gasteiger partial charge on any atom is 0.237 e. The van der Waals surface area contributed by atoms with Crippen molar-refractivity contribution < 1.29 is 9.59 Å². The number of hydrogen-bond donors (Lipinski definition) is 3. The summed E-state index contributed by atoms with van der Waals surface area (Å²) in [7, 11) is 0. The van der Waals surface area contributed by atoms with Gasteiger partial charge in [0, 0.05) is 40.1 Å². The highest BCUT2D eigenvalue weighted by atomic mass is 16.2. The molecule has 3 N–H and O–H groups in total. The number of aromatic amines is 2. The Labute approximate surface area is 155 Å². The van der Waals surface area contributed by atoms with Crippen LogP contribution < -0.4 is 5.32 Å². The van der Waals surface area contributed by atoms with Gasteiger partial charge >= 0.3 is 0 Å². The predicted molar refractivity (Wildman–Crippen MR) is 105 cm³/mol. The van der Waals surface area contributed by atoms with E-state index < -0.39 is 11.5 Å². The highest BCUT2D eigenvalue weighted by molar-refractivity contribution is 6.01. The molecule has 0 saturated carbocycles. The fourth-order valence-corrected chi connectivity index (χ4v) is 4.36. The van der Waals surface area contributed by atoms with E-state index in [9.17, 15) is 9.59 Å². The van der Waals surface area contributed by atoms with Crippen molar-refractivity contribution in [2.75, 3.05) is 0 Å². The lowest BCUT2D eigenvalue weighted by molar-refractivity contribution is -0.127. The van der Waals surface area contributed by atoms with E-state index in [-0.39, 0.29) is 5.91 Å². The van der Waals surface area contributed by atoms with Crippen molar-refractivity contribution in [3.05, 3.63) is 71.5 Å². The second-order valence-corrected chi connectivity index (χ2v) is 7.32. The van der Waals surface area contributed by atoms with Crippen molar-refractivity contribution in [2.24, 2.45) is 0 Å². The quantitative estimate of drug-likeness (QED) is 0.482. The molecule has 0 radical (unpaired) electrons. The van der Waals surface area contributed by atoms with Crippen LogP contribution in [0.3, 0.4) is 0 Å². The van der Waals surface area contributed by atoms with Gasteiger partial charge in [-0.2, -0.15) is 0 Å². The molecule has 5 heteroatoms. The number of benzene rings is 2. The average Bonchev–Trinajstić information content (AvgIpc) is 3.26. The Balaban J connectivity index is 1.86. The van der Waals surface area contributed by atoms with Crippen LogP contribution in [0.1, 0.15) is 23.7 Å². The molecule has 2 aromatic carbocycles. The number of nitrogens with one attached hydrogen (secondary N) is 3. The Hall–Kier alpha value is -3.34. The van der Waals surface area contributed by atoms with Gasteiger partial charge in [0.2, 0.25) is 5.91 Å². The van der Waals surface area contributed by atoms with Crippen LogP contribution in [0.2, 0.25) is 0 Å². The lowest BCUT2D eigenvalue weighted by Crippen LogP contribution is -2.46. The molecule has 0 bridgehead atoms. The third kappa shape index (κ3) is 2.11. The zero-order valence-electron chi connectivity index (χ0n) is 14.9. The molecule has 0 aliphatic carbocycles. The summed E-state index contributed by atoms with van der Waals surface area (Å²) < 4.78 is 0. The minimum Gasteiger partial charge on any atom is -0.361 e. The van der Waals surface area contributed by atoms with Crippen molar-refractivity contribution in [3.63, 3.8) is 0 Å². The van der Waals surface area contributed by atoms with Crippen LogP contribution in [0, 0.1) is 0 Å². The number of aromatic nitrogens is 2. The zero-order chi connectivity index (χ0) is 18.6. The number of fused-ring (bicyclic) bond motifs is 4. The molecular formula is C22H19N3O2. The van der Waals surface area contributed by atoms with Crippen LogP contribution in [0.4, 0.5) is 0 Å². The van der Waals surface area contributed by atoms with Crippen molar-refractivity contribution in [1.82, 2.24) is 15.3 Å². The second kappa shape index (κ2) is 5.58. The Morgan fingerprint density at radius 2 is 1.74 bits per heavy atom. The molecule has 0 unspecified atom stereocenters. The van der Waals surface area contributed by atoms with Crippen molar-refractivity contribution in [2.45, 2.75) is 24.8 Å². The van der Waals surface area contributed by atoms with Crippen molar-refractivity contribution in [1.29, 1.82) is 0 Å². The van der Waals surface area contributed by atoms with Gasteiger partial charge in [-0.15, -0.1) is 0 Å². The molecule has 5 rings (SSSR count). The van der Waals surface area contributed by atoms with E-state index >= 15 is 0 Å². The molecule has 4 aromatic rings. The van der Waals surface area contributed by atoms with Crippen LogP contribution in [0.25, 0.3) is 21.8 Å². The molecule has 1 aliphatic rings. The van der Waals surface area contributed by atoms with E-state index in [1.165, 1.54) is 0 Å². The second-order valence-electron chi connectivity index (χ2n) is 7.32. The summed E-state index contributed by atoms with van der Waals surface area (Å²) in [5.74, 6) is -0.172. The summed E-state index contributed by atoms with van der Waals surface area (Å²) >= 11 is 0. The van der Waals surface area contributed by atoms with Crippen LogP contribution in [-0.2, 0) is 21.4 Å². The number of rotatable bonds is 2. The Kier molecular flexibility index (Phi) is 3.28. The first kappa shape index (κ1) is 15.9. The molecule has 0 saturated heterocycles. The van der Waals surface area contributed by atoms with Gasteiger partial charge in [0.1, 0.15) is 11.7 Å². The normalized spacial score (nSPS) is 22.4. The first-order chi connectivity index (χ1) is 13.1. The molecule has 3 heterocycles. The molecule has 134 valence electrons. The number of hydrogen-bond acceptors (Lipinski definition) is 2. The molecule has 2 atom stereocenters. The maximum absolute atomic E-state index is 13.4. The lowest BCUT2D eigenvalue weighted by Gasteiger charge is -2.27. The van der Waals surface area contributed by atoms with Gasteiger partial charge in [-0.3, -0.25) is 4.79 Å². The predicted octanol–water partition coefficient (Wildman–Crippen LogP) is 3.20. The zero-order valence-corrected chi connectivity index (χ0v) is 14.9. The molecular weight excluding hydrogens is 338 g/mol. The third-order valence-electron chi connectivity index (χ3n) is 5.80. The smallest absolute Gasteiger partial charge is 0.237 e. The van der Waals surface area contributed by atoms with Gasteiger partial charge < -0.3 is 20.1 Å². The molecule has 1 amide bonds. The maximum atomic E-state index is 13.4. The Morgan fingerprint density at radius 1 is 1.04 bits per heavy atom. The monoisotopic (exact) mass is 357 g/mol. The van der Waals surface area contributed by atoms with Crippen molar-refractivity contribution in [3.8, 4) is 0 Å². The van der Waals surface area contributed by atoms with Gasteiger partial charge in [0.05, 0.1) is 6.04 Å². The number of carbonyl (C=O) groups excluding carboxylic acids is 2. The molecule has 2 aromatic heterocycles. The Bertz CT molecular complexity index is 1200. The summed E-state index contributed by atoms with van der Waals surface area (Å²) in [6.45, 7) is 1.93. The van der Waals surface area contributed by atoms with E-state index in [1.54, 1.807) is 0 Å². The van der Waals surface area contributed by atoms with Crippen LogP contribution >= 0.6 is 0 Å². The van der Waals surface area contributed by atoms with E-state index in [1.807, 2.05) is 61.7 Å². The fourth-order valence-electron chi connectivity index (χ4n) is 4.36. The van der Waals surface area contributed by atoms with E-state index in [4.69, 9.17) is 0 Å². The number of para-hydroxylation sites is 2. The summed E-state index contributed by atoms with van der Waals surface area (Å²) in [4.78, 5) is 31.7. The Morgan fingerprint density at radius 3 is 2.52 bits per heavy atom. The standard InChI is InChI=1S/C22H19N3O2/c1-22(17-11-23-18-8-4-3-7-15(17)18)20-16(10-13(12-26)24-21(22)27)14-6-2-5-9-19(14)25-20/h2-9,11-13,23,25H,10H2,1H3,(H,24,27)/t13-,22+/m0/s1. The van der Waals surface area contributed by atoms with Gasteiger partial charge in [0.15, 0.2) is 0 Å². The summed E-state index contributed by atoms with van der Waals surface area (Å²) in [6.07, 6.45) is 3.21. The van der Waals surface area contributed by atoms with E-state index in [0.717, 1.165) is 44.9 Å². The summed E-state index contributed by atoms with van der Waals surface area (Å²) in [6, 6.07) is 15.4. The number of amides is 1. The van der Waals surface area contributed by atoms with Gasteiger partial charge in [-0.1, -0.05) is 36.4 Å². The van der Waals surface area contributed by atoms with Gasteiger partial charge in [-0.25, -0.2) is 0 Å². The van der Waals surface area contributed by atoms with E-state index in [2.05, 4.69) is 15.3 Å². The van der Waals surface area contributed by atoms with Crippen molar-refractivity contribution >= 4 is 34.0 Å². The number of carbonyl (C=O) groups is 2. The van der Waals surface area contributed by atoms with Gasteiger partial charge in [0.25, 0.3) is 0 Å². The minimum atomic E-state index is -0.939. The molecule has 0 fully saturated rings. The SMILES string of the molecule is C[C@]1(c2c[nH]c3ccccc23)C(=O)N[C@H](C=O)Cc2c1[nH]c1ccccc21. The summed E-state index contributed by atoms with van der Waals surface area (Å²) in [5.41, 5.74) is 3.80. The topological polar surface area (TPSA) is 77.8 Å². The molecule has 1 aliphatic heterocycles. The lowest BCUT2D eigenvalue weighted by atomic mass is 9.77. The average molecular weight is 357 g/mol. The minimum absolute atomic E-state index is 0.172. The fraction of sp³-hybridized carbons (Fsp3) is 0.182. The molecule has 0 spiro atoms. The third-order valence-corrected chi connectivity index (χ3v) is 5.80. The van der Waals surface area contributed by atoms with E-state index in [0.29, 0.717) is 6.42 Å². The molecule has 27 heavy (non-hydrogen) atoms. The van der Waals surface area contributed by atoms with Crippen LogP contribution in [-0.4, -0.2) is 28.2 Å². The number of H-pyrrole nitrogens is 2. The highest BCUT2D eigenvalue weighted by Crippen LogP contribution is 2.42. The first-order valence-corrected chi connectivity index (χ1v) is 9.06. The summed E-state index contributed by atoms with van der Waals surface area (Å²) in [5, 5.41) is 4.99. The molecule has 5 nitrogen and oxygen atoms in total. The van der Waals surface area contributed by atoms with Crippen LogP contribution in [0.15, 0.2) is 54.7 Å². The first-order valence-electron chi connectivity index (χ1n) is 9.06. The number of aldehydes is 1. The highest BCUT2D eigenvalue weighted by Gasteiger charge is 2.45. The largest absolute Gasteiger partial charge is 0.361 e. The van der Waals surface area contributed by atoms with Crippen LogP contribution in [0.5, 0.6) is 0 Å².